The van der Waals surface area contributed by atoms with Crippen molar-refractivity contribution < 1.29 is 40.1 Å². The normalized spacial score (nSPS) is 11.1. The van der Waals surface area contributed by atoms with Crippen LogP contribution in [0.2, 0.25) is 5.02 Å². The van der Waals surface area contributed by atoms with E-state index >= 15 is 0 Å². The van der Waals surface area contributed by atoms with Crippen LogP contribution in [0.3, 0.4) is 0 Å². The van der Waals surface area contributed by atoms with E-state index in [0.29, 0.717) is 40.9 Å². The molecule has 3 aromatic rings. The van der Waals surface area contributed by atoms with Gasteiger partial charge in [-0.25, -0.2) is 9.59 Å². The van der Waals surface area contributed by atoms with Crippen LogP contribution in [0.4, 0.5) is 10.5 Å². The number of quaternary nitrogens is 1. The zero-order valence-corrected chi connectivity index (χ0v) is 22.6. The van der Waals surface area contributed by atoms with Gasteiger partial charge in [0.2, 0.25) is 0 Å². The van der Waals surface area contributed by atoms with Gasteiger partial charge in [0, 0.05) is 37.5 Å². The molecule has 0 aliphatic carbocycles. The van der Waals surface area contributed by atoms with Gasteiger partial charge in [0.15, 0.2) is 5.75 Å². The molecular formula is C23H28Cl2N4O6S. The maximum Gasteiger partial charge on any atom is 0.414 e. The molecule has 0 unspecified atom stereocenters. The molecule has 0 aliphatic rings. The van der Waals surface area contributed by atoms with Gasteiger partial charge >= 0.3 is 11.7 Å². The summed E-state index contributed by atoms with van der Waals surface area (Å²) in [6, 6.07) is 9.77. The van der Waals surface area contributed by atoms with Gasteiger partial charge in [-0.1, -0.05) is 23.7 Å². The molecule has 0 saturated carbocycles. The Labute approximate surface area is 220 Å². The highest BCUT2D eigenvalue weighted by molar-refractivity contribution is 7.90. The summed E-state index contributed by atoms with van der Waals surface area (Å²) in [6.45, 7) is 2.68. The van der Waals surface area contributed by atoms with Crippen molar-refractivity contribution in [3.8, 4) is 5.75 Å². The van der Waals surface area contributed by atoms with Crippen LogP contribution >= 0.6 is 11.6 Å². The topological polar surface area (TPSA) is 135 Å². The Morgan fingerprint density at radius 3 is 2.61 bits per heavy atom. The van der Waals surface area contributed by atoms with Crippen LogP contribution in [0.5, 0.6) is 5.75 Å². The summed E-state index contributed by atoms with van der Waals surface area (Å²) >= 11 is 6.32. The van der Waals surface area contributed by atoms with E-state index < -0.39 is 21.9 Å². The zero-order valence-electron chi connectivity index (χ0n) is 20.2. The highest BCUT2D eigenvalue weighted by Gasteiger charge is 2.17. The average Bonchev–Trinajstić information content (AvgIpc) is 2.78. The summed E-state index contributed by atoms with van der Waals surface area (Å²) in [5.41, 5.74) is 1.83. The third-order valence-electron chi connectivity index (χ3n) is 5.19. The van der Waals surface area contributed by atoms with Crippen LogP contribution in [0.15, 0.2) is 45.6 Å². The Kier molecular flexibility index (Phi) is 10.1. The number of halogens is 2. The van der Waals surface area contributed by atoms with Crippen molar-refractivity contribution in [3.63, 3.8) is 0 Å². The van der Waals surface area contributed by atoms with Crippen molar-refractivity contribution in [2.24, 2.45) is 0 Å². The van der Waals surface area contributed by atoms with Crippen LogP contribution < -0.4 is 37.5 Å². The Balaban J connectivity index is 0.00000456. The van der Waals surface area contributed by atoms with E-state index in [4.69, 9.17) is 20.8 Å². The number of likely N-dealkylation sites (N-methyl/N-ethyl adjacent to an activating group) is 1. The Bertz CT molecular complexity index is 1410. The molecule has 10 nitrogen and oxygen atoms in total. The monoisotopic (exact) mass is 558 g/mol. The number of amides is 1. The Morgan fingerprint density at radius 1 is 1.22 bits per heavy atom. The van der Waals surface area contributed by atoms with E-state index in [1.54, 1.807) is 37.3 Å². The van der Waals surface area contributed by atoms with Gasteiger partial charge in [-0.2, -0.15) is 13.1 Å². The van der Waals surface area contributed by atoms with Crippen LogP contribution in [0.1, 0.15) is 16.7 Å². The largest absolute Gasteiger partial charge is 1.00 e. The lowest BCUT2D eigenvalue weighted by Crippen LogP contribution is -3.00. The van der Waals surface area contributed by atoms with E-state index in [0.717, 1.165) is 0 Å². The molecule has 0 saturated heterocycles. The average molecular weight is 559 g/mol. The number of fused-ring (bicyclic) bond motifs is 1. The maximum atomic E-state index is 12.8. The fourth-order valence-corrected chi connectivity index (χ4v) is 4.43. The van der Waals surface area contributed by atoms with Gasteiger partial charge in [-0.05, 0) is 36.2 Å². The third kappa shape index (κ3) is 7.34. The van der Waals surface area contributed by atoms with Gasteiger partial charge in [0.25, 0.3) is 10.2 Å². The van der Waals surface area contributed by atoms with Gasteiger partial charge in [-0.15, -0.1) is 0 Å². The molecule has 4 N–H and O–H groups in total. The molecule has 1 amide bonds. The van der Waals surface area contributed by atoms with Crippen LogP contribution in [0, 0.1) is 6.92 Å². The SMILES string of the molecule is C[NH2+]CCNS(=O)(=O)Nc1cccc(Cc2c(C)c3cc(Cl)c(OC(=O)N(C)C)cc3oc2=O)c1.[Cl-]. The molecule has 0 fully saturated rings. The summed E-state index contributed by atoms with van der Waals surface area (Å²) in [4.78, 5) is 25.9. The molecule has 13 heteroatoms. The fourth-order valence-electron chi connectivity index (χ4n) is 3.34. The number of nitrogens with one attached hydrogen (secondary N) is 2. The van der Waals surface area contributed by atoms with Gasteiger partial charge in [0.1, 0.15) is 5.58 Å². The summed E-state index contributed by atoms with van der Waals surface area (Å²) in [7, 11) is 1.21. The second-order valence-electron chi connectivity index (χ2n) is 8.11. The molecule has 1 heterocycles. The van der Waals surface area contributed by atoms with Crippen molar-refractivity contribution in [1.82, 2.24) is 9.62 Å². The van der Waals surface area contributed by atoms with E-state index in [-0.39, 0.29) is 35.2 Å². The summed E-state index contributed by atoms with van der Waals surface area (Å²) < 4.78 is 40.1. The van der Waals surface area contributed by atoms with Gasteiger partial charge in [0.05, 0.1) is 30.8 Å². The number of nitrogens with two attached hydrogens (primary N) is 1. The molecule has 1 aromatic heterocycles. The minimum atomic E-state index is -3.72. The third-order valence-corrected chi connectivity index (χ3v) is 6.57. The minimum absolute atomic E-state index is 0. The predicted molar refractivity (Wildman–Crippen MR) is 134 cm³/mol. The van der Waals surface area contributed by atoms with Gasteiger partial charge < -0.3 is 31.8 Å². The fraction of sp³-hybridized carbons (Fsp3) is 0.304. The van der Waals surface area contributed by atoms with E-state index in [1.807, 2.05) is 12.4 Å². The second kappa shape index (κ2) is 12.4. The first-order valence-corrected chi connectivity index (χ1v) is 12.7. The van der Waals surface area contributed by atoms with Crippen molar-refractivity contribution in [3.05, 3.63) is 68.5 Å². The number of rotatable bonds is 9. The molecule has 0 bridgehead atoms. The predicted octanol–water partition coefficient (Wildman–Crippen LogP) is -1.15. The second-order valence-corrected chi connectivity index (χ2v) is 10.0. The number of ether oxygens (including phenoxy) is 1. The lowest BCUT2D eigenvalue weighted by Gasteiger charge is -2.14. The summed E-state index contributed by atoms with van der Waals surface area (Å²) in [6.07, 6.45) is -0.399. The molecule has 3 rings (SSSR count). The van der Waals surface area contributed by atoms with Crippen LogP contribution in [-0.2, 0) is 16.6 Å². The summed E-state index contributed by atoms with van der Waals surface area (Å²) in [5.74, 6) is 0.0820. The van der Waals surface area contributed by atoms with E-state index in [2.05, 4.69) is 9.44 Å². The first-order chi connectivity index (χ1) is 16.5. The number of anilines is 1. The molecule has 0 spiro atoms. The maximum absolute atomic E-state index is 12.8. The number of nitrogens with zero attached hydrogens (tertiary/aromatic N) is 1. The Morgan fingerprint density at radius 2 is 1.94 bits per heavy atom. The van der Waals surface area contributed by atoms with Gasteiger partial charge in [-0.3, -0.25) is 4.72 Å². The van der Waals surface area contributed by atoms with Crippen molar-refractivity contribution in [2.45, 2.75) is 13.3 Å². The minimum Gasteiger partial charge on any atom is -1.00 e. The lowest BCUT2D eigenvalue weighted by molar-refractivity contribution is -0.624. The van der Waals surface area contributed by atoms with Crippen molar-refractivity contribution >= 4 is 44.6 Å². The van der Waals surface area contributed by atoms with E-state index in [1.165, 1.54) is 25.1 Å². The van der Waals surface area contributed by atoms with E-state index in [9.17, 15) is 18.0 Å². The smallest absolute Gasteiger partial charge is 0.414 e. The molecular weight excluding hydrogens is 531 g/mol. The number of benzene rings is 2. The molecule has 36 heavy (non-hydrogen) atoms. The standard InChI is InChI=1S/C23H27ClN4O6S.ClH/c1-14-17-12-19(24)21(34-23(30)28(3)4)13-20(17)33-22(29)18(14)11-15-6-5-7-16(10-15)27-35(31,32)26-9-8-25-2;/h5-7,10,12-13,25-27H,8-9,11H2,1-4H3;1H. The first-order valence-electron chi connectivity index (χ1n) is 10.8. The van der Waals surface area contributed by atoms with Crippen LogP contribution in [0.25, 0.3) is 11.0 Å². The van der Waals surface area contributed by atoms with Crippen molar-refractivity contribution in [1.29, 1.82) is 0 Å². The number of carbonyl (C=O) groups excluding carboxylic acids is 1. The molecule has 0 aliphatic heterocycles. The van der Waals surface area contributed by atoms with Crippen molar-refractivity contribution in [2.75, 3.05) is 39.0 Å². The first kappa shape index (κ1) is 29.4. The Hall–Kier alpha value is -2.83. The number of hydrogen-bond donors (Lipinski definition) is 3. The highest BCUT2D eigenvalue weighted by atomic mass is 35.5. The highest BCUT2D eigenvalue weighted by Crippen LogP contribution is 2.32. The quantitative estimate of drug-likeness (QED) is 0.224. The molecule has 196 valence electrons. The molecule has 2 aromatic carbocycles. The molecule has 0 radical (unpaired) electrons. The number of carbonyl (C=O) groups is 1. The molecule has 0 atom stereocenters. The zero-order chi connectivity index (χ0) is 25.8. The lowest BCUT2D eigenvalue weighted by atomic mass is 9.99. The van der Waals surface area contributed by atoms with Crippen LogP contribution in [-0.4, -0.2) is 53.6 Å². The number of hydrogen-bond acceptors (Lipinski definition) is 6. The number of aryl methyl sites for hydroxylation is 1. The summed E-state index contributed by atoms with van der Waals surface area (Å²) in [5, 5.41) is 2.66.